The Hall–Kier alpha value is -0.760. The van der Waals surface area contributed by atoms with Crippen molar-refractivity contribution in [2.45, 2.75) is 51.0 Å². The predicted molar refractivity (Wildman–Crippen MR) is 55.3 cm³/mol. The van der Waals surface area contributed by atoms with Gasteiger partial charge in [0.2, 0.25) is 0 Å². The van der Waals surface area contributed by atoms with E-state index in [0.717, 1.165) is 25.0 Å². The van der Waals surface area contributed by atoms with Crippen molar-refractivity contribution in [3.63, 3.8) is 0 Å². The molecule has 14 heavy (non-hydrogen) atoms. The maximum Gasteiger partial charge on any atom is 0.107 e. The summed E-state index contributed by atoms with van der Waals surface area (Å²) in [5, 5.41) is 9.92. The Balaban J connectivity index is 2.14. The molecule has 0 aliphatic heterocycles. The van der Waals surface area contributed by atoms with Gasteiger partial charge in [-0.25, -0.2) is 0 Å². The number of hydrogen-bond acceptors (Lipinski definition) is 2. The summed E-state index contributed by atoms with van der Waals surface area (Å²) in [5.74, 6) is 1.41. The average molecular weight is 194 g/mol. The van der Waals surface area contributed by atoms with Gasteiger partial charge >= 0.3 is 0 Å². The van der Waals surface area contributed by atoms with Gasteiger partial charge in [0.05, 0.1) is 12.4 Å². The van der Waals surface area contributed by atoms with E-state index in [0.29, 0.717) is 5.92 Å². The molecular weight excluding hydrogens is 176 g/mol. The summed E-state index contributed by atoms with van der Waals surface area (Å²) >= 11 is 0. The smallest absolute Gasteiger partial charge is 0.107 e. The van der Waals surface area contributed by atoms with Crippen molar-refractivity contribution >= 4 is 0 Å². The van der Waals surface area contributed by atoms with E-state index in [4.69, 9.17) is 4.42 Å². The van der Waals surface area contributed by atoms with Gasteiger partial charge in [0.15, 0.2) is 0 Å². The van der Waals surface area contributed by atoms with Crippen LogP contribution in [0.5, 0.6) is 0 Å². The Bertz CT molecular complexity index is 290. The molecule has 1 aromatic rings. The van der Waals surface area contributed by atoms with E-state index in [-0.39, 0.29) is 6.10 Å². The molecule has 0 saturated carbocycles. The minimum absolute atomic E-state index is 0.161. The molecule has 78 valence electrons. The minimum atomic E-state index is -0.161. The number of aliphatic hydroxyl groups excluding tert-OH is 1. The molecule has 2 unspecified atom stereocenters. The lowest BCUT2D eigenvalue weighted by atomic mass is 9.82. The molecule has 2 rings (SSSR count). The number of aryl methyl sites for hydroxylation is 1. The molecule has 0 fully saturated rings. The first-order valence-corrected chi connectivity index (χ1v) is 5.57. The van der Waals surface area contributed by atoms with Gasteiger partial charge in [-0.2, -0.15) is 0 Å². The van der Waals surface area contributed by atoms with Gasteiger partial charge in [0, 0.05) is 12.3 Å². The molecule has 1 aliphatic rings. The zero-order chi connectivity index (χ0) is 9.97. The molecule has 0 bridgehead atoms. The molecule has 1 aromatic heterocycles. The summed E-state index contributed by atoms with van der Waals surface area (Å²) in [6.07, 6.45) is 6.81. The van der Waals surface area contributed by atoms with Gasteiger partial charge in [-0.3, -0.25) is 0 Å². The molecule has 1 N–H and O–H groups in total. The van der Waals surface area contributed by atoms with E-state index in [1.807, 2.05) is 6.07 Å². The SMILES string of the molecule is CCCCC1c2ccoc2CCC1O. The minimum Gasteiger partial charge on any atom is -0.469 e. The Morgan fingerprint density at radius 3 is 3.21 bits per heavy atom. The zero-order valence-electron chi connectivity index (χ0n) is 8.70. The van der Waals surface area contributed by atoms with Crippen LogP contribution < -0.4 is 0 Å². The zero-order valence-corrected chi connectivity index (χ0v) is 8.70. The van der Waals surface area contributed by atoms with Crippen molar-refractivity contribution in [1.82, 2.24) is 0 Å². The van der Waals surface area contributed by atoms with Crippen LogP contribution in [0.1, 0.15) is 49.8 Å². The Morgan fingerprint density at radius 1 is 1.57 bits per heavy atom. The van der Waals surface area contributed by atoms with E-state index < -0.39 is 0 Å². The summed E-state index contributed by atoms with van der Waals surface area (Å²) in [4.78, 5) is 0. The summed E-state index contributed by atoms with van der Waals surface area (Å²) < 4.78 is 5.40. The van der Waals surface area contributed by atoms with Crippen LogP contribution in [0.2, 0.25) is 0 Å². The van der Waals surface area contributed by atoms with Crippen molar-refractivity contribution in [3.8, 4) is 0 Å². The molecular formula is C12H18O2. The van der Waals surface area contributed by atoms with Gasteiger partial charge in [0.25, 0.3) is 0 Å². The maximum absolute atomic E-state index is 9.92. The van der Waals surface area contributed by atoms with Gasteiger partial charge in [-0.15, -0.1) is 0 Å². The molecule has 0 amide bonds. The summed E-state index contributed by atoms with van der Waals surface area (Å²) in [6, 6.07) is 2.03. The van der Waals surface area contributed by atoms with E-state index in [1.54, 1.807) is 6.26 Å². The number of rotatable bonds is 3. The molecule has 1 aliphatic carbocycles. The highest BCUT2D eigenvalue weighted by Crippen LogP contribution is 2.35. The van der Waals surface area contributed by atoms with Crippen LogP contribution in [0.15, 0.2) is 16.7 Å². The fraction of sp³-hybridized carbons (Fsp3) is 0.667. The number of aliphatic hydroxyl groups is 1. The van der Waals surface area contributed by atoms with Crippen LogP contribution in [0, 0.1) is 0 Å². The molecule has 2 heteroatoms. The van der Waals surface area contributed by atoms with Crippen LogP contribution in [0.4, 0.5) is 0 Å². The number of fused-ring (bicyclic) bond motifs is 1. The van der Waals surface area contributed by atoms with Gasteiger partial charge < -0.3 is 9.52 Å². The first-order chi connectivity index (χ1) is 6.83. The topological polar surface area (TPSA) is 33.4 Å². The third-order valence-corrected chi connectivity index (χ3v) is 3.18. The summed E-state index contributed by atoms with van der Waals surface area (Å²) in [7, 11) is 0. The van der Waals surface area contributed by atoms with Gasteiger partial charge in [-0.1, -0.05) is 19.8 Å². The normalized spacial score (nSPS) is 26.1. The van der Waals surface area contributed by atoms with E-state index in [1.165, 1.54) is 18.4 Å². The van der Waals surface area contributed by atoms with Crippen molar-refractivity contribution in [3.05, 3.63) is 23.7 Å². The fourth-order valence-electron chi connectivity index (χ4n) is 2.34. The lowest BCUT2D eigenvalue weighted by molar-refractivity contribution is 0.116. The molecule has 0 spiro atoms. The van der Waals surface area contributed by atoms with Crippen molar-refractivity contribution in [2.75, 3.05) is 0 Å². The van der Waals surface area contributed by atoms with Crippen LogP contribution in [-0.2, 0) is 6.42 Å². The number of furan rings is 1. The largest absolute Gasteiger partial charge is 0.469 e. The quantitative estimate of drug-likeness (QED) is 0.802. The van der Waals surface area contributed by atoms with E-state index in [2.05, 4.69) is 6.92 Å². The molecule has 2 nitrogen and oxygen atoms in total. The second-order valence-corrected chi connectivity index (χ2v) is 4.15. The fourth-order valence-corrected chi connectivity index (χ4v) is 2.34. The average Bonchev–Trinajstić information content (AvgIpc) is 2.64. The third kappa shape index (κ3) is 1.71. The Kier molecular flexibility index (Phi) is 2.92. The first-order valence-electron chi connectivity index (χ1n) is 5.57. The van der Waals surface area contributed by atoms with E-state index in [9.17, 15) is 5.11 Å². The lowest BCUT2D eigenvalue weighted by Crippen LogP contribution is -2.24. The van der Waals surface area contributed by atoms with Crippen molar-refractivity contribution < 1.29 is 9.52 Å². The maximum atomic E-state index is 9.92. The molecule has 1 heterocycles. The Morgan fingerprint density at radius 2 is 2.43 bits per heavy atom. The van der Waals surface area contributed by atoms with Gasteiger partial charge in [-0.05, 0) is 24.5 Å². The highest BCUT2D eigenvalue weighted by atomic mass is 16.3. The standard InChI is InChI=1S/C12H18O2/c1-2-3-4-9-10-7-8-14-12(10)6-5-11(9)13/h7-9,11,13H,2-6H2,1H3. The summed E-state index contributed by atoms with van der Waals surface area (Å²) in [6.45, 7) is 2.19. The van der Waals surface area contributed by atoms with Gasteiger partial charge in [0.1, 0.15) is 5.76 Å². The third-order valence-electron chi connectivity index (χ3n) is 3.18. The predicted octanol–water partition coefficient (Wildman–Crippen LogP) is 2.86. The van der Waals surface area contributed by atoms with Crippen molar-refractivity contribution in [2.24, 2.45) is 0 Å². The summed E-state index contributed by atoms with van der Waals surface area (Å²) in [5.41, 5.74) is 1.25. The number of hydrogen-bond donors (Lipinski definition) is 1. The number of unbranched alkanes of at least 4 members (excludes halogenated alkanes) is 1. The highest BCUT2D eigenvalue weighted by molar-refractivity contribution is 5.26. The van der Waals surface area contributed by atoms with Crippen LogP contribution >= 0.6 is 0 Å². The van der Waals surface area contributed by atoms with E-state index >= 15 is 0 Å². The second kappa shape index (κ2) is 4.18. The molecule has 0 radical (unpaired) electrons. The first kappa shape index (κ1) is 9.78. The van der Waals surface area contributed by atoms with Crippen LogP contribution in [0.25, 0.3) is 0 Å². The van der Waals surface area contributed by atoms with Crippen LogP contribution in [0.3, 0.4) is 0 Å². The lowest BCUT2D eigenvalue weighted by Gasteiger charge is -2.27. The Labute approximate surface area is 84.9 Å². The molecule has 0 saturated heterocycles. The van der Waals surface area contributed by atoms with Crippen molar-refractivity contribution in [1.29, 1.82) is 0 Å². The van der Waals surface area contributed by atoms with Crippen LogP contribution in [-0.4, -0.2) is 11.2 Å². The second-order valence-electron chi connectivity index (χ2n) is 4.15. The molecule has 0 aromatic carbocycles. The molecule has 2 atom stereocenters. The monoisotopic (exact) mass is 194 g/mol. The highest BCUT2D eigenvalue weighted by Gasteiger charge is 2.29.